The summed E-state index contributed by atoms with van der Waals surface area (Å²) in [5, 5.41) is 26.9. The molecule has 134 valence electrons. The van der Waals surface area contributed by atoms with Crippen LogP contribution in [0.2, 0.25) is 0 Å². The van der Waals surface area contributed by atoms with Crippen LogP contribution in [-0.2, 0) is 13.1 Å². The lowest BCUT2D eigenvalue weighted by molar-refractivity contribution is -0.383. The van der Waals surface area contributed by atoms with Gasteiger partial charge in [0.05, 0.1) is 4.92 Å². The molecule has 0 amide bonds. The van der Waals surface area contributed by atoms with Crippen LogP contribution >= 0.6 is 0 Å². The van der Waals surface area contributed by atoms with Crippen LogP contribution in [0.5, 0.6) is 0 Å². The number of aromatic nitrogens is 1. The summed E-state index contributed by atoms with van der Waals surface area (Å²) in [6, 6.07) is 22.4. The van der Waals surface area contributed by atoms with Gasteiger partial charge in [-0.3, -0.25) is 10.1 Å². The third kappa shape index (κ3) is 4.58. The van der Waals surface area contributed by atoms with Crippen molar-refractivity contribution >= 4 is 17.2 Å². The molecular formula is C20H17N5O2. The zero-order chi connectivity index (χ0) is 19.1. The van der Waals surface area contributed by atoms with E-state index >= 15 is 0 Å². The zero-order valence-corrected chi connectivity index (χ0v) is 14.4. The summed E-state index contributed by atoms with van der Waals surface area (Å²) in [6.45, 7) is 0.760. The number of nitriles is 1. The van der Waals surface area contributed by atoms with Crippen molar-refractivity contribution in [1.29, 1.82) is 5.26 Å². The fourth-order valence-electron chi connectivity index (χ4n) is 2.61. The van der Waals surface area contributed by atoms with Crippen molar-refractivity contribution in [3.8, 4) is 6.07 Å². The van der Waals surface area contributed by atoms with E-state index in [4.69, 9.17) is 0 Å². The molecule has 0 aliphatic rings. The molecule has 3 aromatic rings. The lowest BCUT2D eigenvalue weighted by atomic mass is 10.2. The van der Waals surface area contributed by atoms with Crippen molar-refractivity contribution in [1.82, 2.24) is 4.98 Å². The van der Waals surface area contributed by atoms with Gasteiger partial charge in [0.2, 0.25) is 5.82 Å². The molecule has 0 saturated carbocycles. The van der Waals surface area contributed by atoms with Gasteiger partial charge in [-0.25, -0.2) is 4.98 Å². The predicted molar refractivity (Wildman–Crippen MR) is 103 cm³/mol. The topological polar surface area (TPSA) is 104 Å². The minimum Gasteiger partial charge on any atom is -0.375 e. The number of nitro groups is 1. The van der Waals surface area contributed by atoms with E-state index in [2.05, 4.69) is 15.6 Å². The molecule has 7 nitrogen and oxygen atoms in total. The van der Waals surface area contributed by atoms with Crippen molar-refractivity contribution in [2.75, 3.05) is 10.6 Å². The quantitative estimate of drug-likeness (QED) is 0.486. The van der Waals surface area contributed by atoms with Gasteiger partial charge in [0.15, 0.2) is 0 Å². The van der Waals surface area contributed by atoms with Crippen LogP contribution < -0.4 is 10.6 Å². The third-order valence-corrected chi connectivity index (χ3v) is 3.92. The molecule has 0 fully saturated rings. The molecular weight excluding hydrogens is 342 g/mol. The molecule has 3 rings (SSSR count). The summed E-state index contributed by atoms with van der Waals surface area (Å²) in [7, 11) is 0. The molecule has 27 heavy (non-hydrogen) atoms. The third-order valence-electron chi connectivity index (χ3n) is 3.92. The van der Waals surface area contributed by atoms with Crippen molar-refractivity contribution in [3.63, 3.8) is 0 Å². The minimum atomic E-state index is -0.491. The second-order valence-electron chi connectivity index (χ2n) is 5.80. The largest absolute Gasteiger partial charge is 0.375 e. The Morgan fingerprint density at radius 3 is 2.04 bits per heavy atom. The highest BCUT2D eigenvalue weighted by Gasteiger charge is 2.23. The Bertz CT molecular complexity index is 904. The maximum atomic E-state index is 11.7. The van der Waals surface area contributed by atoms with Gasteiger partial charge in [-0.2, -0.15) is 5.26 Å². The summed E-state index contributed by atoms with van der Waals surface area (Å²) in [5.74, 6) is 0.0680. The van der Waals surface area contributed by atoms with E-state index in [0.717, 1.165) is 11.1 Å². The van der Waals surface area contributed by atoms with E-state index in [1.54, 1.807) is 0 Å². The summed E-state index contributed by atoms with van der Waals surface area (Å²) in [4.78, 5) is 15.3. The van der Waals surface area contributed by atoms with Crippen LogP contribution in [0.3, 0.4) is 0 Å². The monoisotopic (exact) mass is 359 g/mol. The molecule has 0 aliphatic heterocycles. The molecule has 0 spiro atoms. The lowest BCUT2D eigenvalue weighted by Gasteiger charge is -2.12. The molecule has 0 radical (unpaired) electrons. The predicted octanol–water partition coefficient (Wildman–Crippen LogP) is 4.09. The van der Waals surface area contributed by atoms with E-state index in [9.17, 15) is 15.4 Å². The zero-order valence-electron chi connectivity index (χ0n) is 14.4. The fraction of sp³-hybridized carbons (Fsp3) is 0.100. The first-order valence-electron chi connectivity index (χ1n) is 8.32. The summed E-state index contributed by atoms with van der Waals surface area (Å²) < 4.78 is 0. The van der Waals surface area contributed by atoms with Crippen molar-refractivity contribution in [3.05, 3.63) is 93.7 Å². The molecule has 0 saturated heterocycles. The van der Waals surface area contributed by atoms with Crippen LogP contribution in [0.1, 0.15) is 16.8 Å². The molecule has 0 atom stereocenters. The number of nitrogens with one attached hydrogen (secondary N) is 2. The highest BCUT2D eigenvalue weighted by atomic mass is 16.6. The van der Waals surface area contributed by atoms with E-state index in [0.29, 0.717) is 13.1 Å². The number of nitrogens with zero attached hydrogens (tertiary/aromatic N) is 3. The van der Waals surface area contributed by atoms with E-state index < -0.39 is 4.92 Å². The molecule has 2 aromatic carbocycles. The smallest absolute Gasteiger partial charge is 0.334 e. The second kappa shape index (κ2) is 8.45. The normalized spacial score (nSPS) is 10.0. The van der Waals surface area contributed by atoms with Gasteiger partial charge in [0.25, 0.3) is 0 Å². The standard InChI is InChI=1S/C20H17N5O2/c21-12-17-11-18(22-13-15-7-3-1-4-8-15)19(25(26)27)20(24-17)23-14-16-9-5-2-6-10-16/h1-11H,13-14H2,(H2,22,23,24). The number of anilines is 2. The maximum Gasteiger partial charge on any atom is 0.334 e. The van der Waals surface area contributed by atoms with Gasteiger partial charge in [-0.15, -0.1) is 0 Å². The van der Waals surface area contributed by atoms with E-state index in [1.807, 2.05) is 66.7 Å². The van der Waals surface area contributed by atoms with Gasteiger partial charge >= 0.3 is 5.69 Å². The van der Waals surface area contributed by atoms with E-state index in [1.165, 1.54) is 6.07 Å². The first-order valence-corrected chi connectivity index (χ1v) is 8.32. The van der Waals surface area contributed by atoms with Gasteiger partial charge in [-0.05, 0) is 11.1 Å². The molecule has 2 N–H and O–H groups in total. The van der Waals surface area contributed by atoms with Gasteiger partial charge < -0.3 is 10.6 Å². The summed E-state index contributed by atoms with van der Waals surface area (Å²) in [5.41, 5.74) is 2.11. The van der Waals surface area contributed by atoms with Crippen LogP contribution in [0.4, 0.5) is 17.2 Å². The van der Waals surface area contributed by atoms with Gasteiger partial charge in [0.1, 0.15) is 17.5 Å². The Labute approximate surface area is 156 Å². The Morgan fingerprint density at radius 2 is 1.52 bits per heavy atom. The highest BCUT2D eigenvalue weighted by Crippen LogP contribution is 2.33. The molecule has 1 heterocycles. The number of hydrogen-bond donors (Lipinski definition) is 2. The molecule has 0 aliphatic carbocycles. The van der Waals surface area contributed by atoms with Crippen LogP contribution in [-0.4, -0.2) is 9.91 Å². The highest BCUT2D eigenvalue weighted by molar-refractivity contribution is 5.74. The Morgan fingerprint density at radius 1 is 0.963 bits per heavy atom. The molecule has 0 bridgehead atoms. The molecule has 1 aromatic heterocycles. The first kappa shape index (κ1) is 17.9. The van der Waals surface area contributed by atoms with Crippen LogP contribution in [0, 0.1) is 21.4 Å². The number of benzene rings is 2. The Balaban J connectivity index is 1.89. The van der Waals surface area contributed by atoms with Gasteiger partial charge in [0, 0.05) is 19.2 Å². The number of pyridine rings is 1. The minimum absolute atomic E-state index is 0.0680. The average Bonchev–Trinajstić information content (AvgIpc) is 2.71. The van der Waals surface area contributed by atoms with Crippen molar-refractivity contribution in [2.45, 2.75) is 13.1 Å². The maximum absolute atomic E-state index is 11.7. The van der Waals surface area contributed by atoms with Crippen LogP contribution in [0.15, 0.2) is 66.7 Å². The summed E-state index contributed by atoms with van der Waals surface area (Å²) in [6.07, 6.45) is 0. The summed E-state index contributed by atoms with van der Waals surface area (Å²) >= 11 is 0. The average molecular weight is 359 g/mol. The Kier molecular flexibility index (Phi) is 5.60. The first-order chi connectivity index (χ1) is 13.2. The molecule has 0 unspecified atom stereocenters. The number of hydrogen-bond acceptors (Lipinski definition) is 6. The lowest BCUT2D eigenvalue weighted by Crippen LogP contribution is -2.09. The Hall–Kier alpha value is -3.92. The van der Waals surface area contributed by atoms with Crippen LogP contribution in [0.25, 0.3) is 0 Å². The number of rotatable bonds is 7. The second-order valence-corrected chi connectivity index (χ2v) is 5.80. The van der Waals surface area contributed by atoms with Crippen molar-refractivity contribution in [2.24, 2.45) is 0 Å². The molecule has 7 heteroatoms. The SMILES string of the molecule is N#Cc1cc(NCc2ccccc2)c([N+](=O)[O-])c(NCc2ccccc2)n1. The fourth-order valence-corrected chi connectivity index (χ4v) is 2.61. The van der Waals surface area contributed by atoms with E-state index in [-0.39, 0.29) is 22.9 Å². The van der Waals surface area contributed by atoms with Gasteiger partial charge in [-0.1, -0.05) is 60.7 Å². The van der Waals surface area contributed by atoms with Crippen molar-refractivity contribution < 1.29 is 4.92 Å².